The van der Waals surface area contributed by atoms with Crippen molar-refractivity contribution in [3.8, 4) is 0 Å². The fraction of sp³-hybridized carbons (Fsp3) is 0.231. The van der Waals surface area contributed by atoms with E-state index in [2.05, 4.69) is 10.3 Å². The van der Waals surface area contributed by atoms with Crippen molar-refractivity contribution in [3.05, 3.63) is 52.0 Å². The lowest BCUT2D eigenvalue weighted by Crippen LogP contribution is -2.16. The first-order valence-corrected chi connectivity index (χ1v) is 6.61. The van der Waals surface area contributed by atoms with E-state index in [1.165, 1.54) is 0 Å². The van der Waals surface area contributed by atoms with Crippen LogP contribution in [0.4, 0.5) is 0 Å². The van der Waals surface area contributed by atoms with Gasteiger partial charge in [-0.05, 0) is 18.2 Å². The summed E-state index contributed by atoms with van der Waals surface area (Å²) in [5.74, 6) is -0.369. The summed E-state index contributed by atoms with van der Waals surface area (Å²) >= 11 is 1.55. The average molecular weight is 261 g/mol. The van der Waals surface area contributed by atoms with Gasteiger partial charge in [-0.3, -0.25) is 9.78 Å². The first-order valence-electron chi connectivity index (χ1n) is 5.73. The second-order valence-electron chi connectivity index (χ2n) is 3.91. The van der Waals surface area contributed by atoms with E-state index in [1.54, 1.807) is 22.9 Å². The number of primary amides is 1. The summed E-state index contributed by atoms with van der Waals surface area (Å²) in [5.41, 5.74) is 6.86. The van der Waals surface area contributed by atoms with Crippen molar-refractivity contribution in [3.63, 3.8) is 0 Å². The minimum Gasteiger partial charge on any atom is -0.366 e. The number of amides is 1. The molecule has 3 N–H and O–H groups in total. The Morgan fingerprint density at radius 2 is 2.33 bits per heavy atom. The zero-order chi connectivity index (χ0) is 12.8. The van der Waals surface area contributed by atoms with Gasteiger partial charge in [0.25, 0.3) is 0 Å². The second-order valence-corrected chi connectivity index (χ2v) is 4.91. The van der Waals surface area contributed by atoms with E-state index in [9.17, 15) is 4.79 Å². The molecule has 1 amide bonds. The standard InChI is InChI=1S/C13H15N3OS/c14-13(17)10-7-12(18-9-10)8-15-6-4-11-3-1-2-5-16-11/h1-3,5,7,9,15H,4,6,8H2,(H2,14,17). The van der Waals surface area contributed by atoms with Gasteiger partial charge in [-0.25, -0.2) is 0 Å². The van der Waals surface area contributed by atoms with Crippen molar-refractivity contribution in [1.82, 2.24) is 10.3 Å². The Bertz CT molecular complexity index is 510. The van der Waals surface area contributed by atoms with Crippen LogP contribution in [-0.2, 0) is 13.0 Å². The van der Waals surface area contributed by atoms with E-state index < -0.39 is 0 Å². The molecule has 0 atom stereocenters. The van der Waals surface area contributed by atoms with Gasteiger partial charge >= 0.3 is 0 Å². The number of rotatable bonds is 6. The summed E-state index contributed by atoms with van der Waals surface area (Å²) in [6.07, 6.45) is 2.70. The molecule has 0 spiro atoms. The van der Waals surface area contributed by atoms with Crippen LogP contribution < -0.4 is 11.1 Å². The zero-order valence-corrected chi connectivity index (χ0v) is 10.7. The maximum Gasteiger partial charge on any atom is 0.249 e. The monoisotopic (exact) mass is 261 g/mol. The van der Waals surface area contributed by atoms with Gasteiger partial charge in [-0.2, -0.15) is 0 Å². The highest BCUT2D eigenvalue weighted by molar-refractivity contribution is 7.10. The van der Waals surface area contributed by atoms with Crippen LogP contribution in [0.5, 0.6) is 0 Å². The van der Waals surface area contributed by atoms with Crippen molar-refractivity contribution in [2.24, 2.45) is 5.73 Å². The predicted molar refractivity (Wildman–Crippen MR) is 72.5 cm³/mol. The third-order valence-electron chi connectivity index (χ3n) is 2.52. The van der Waals surface area contributed by atoms with Crippen molar-refractivity contribution in [1.29, 1.82) is 0 Å². The fourth-order valence-electron chi connectivity index (χ4n) is 1.58. The molecule has 4 nitrogen and oxygen atoms in total. The van der Waals surface area contributed by atoms with Gasteiger partial charge in [0, 0.05) is 41.7 Å². The molecule has 0 fully saturated rings. The molecule has 0 aliphatic carbocycles. The zero-order valence-electron chi connectivity index (χ0n) is 9.93. The van der Waals surface area contributed by atoms with Crippen LogP contribution in [0.25, 0.3) is 0 Å². The number of pyridine rings is 1. The van der Waals surface area contributed by atoms with Crippen molar-refractivity contribution >= 4 is 17.2 Å². The molecule has 94 valence electrons. The molecule has 0 saturated carbocycles. The summed E-state index contributed by atoms with van der Waals surface area (Å²) in [7, 11) is 0. The lowest BCUT2D eigenvalue weighted by molar-refractivity contribution is 0.100. The Labute approximate surface area is 110 Å². The topological polar surface area (TPSA) is 68.0 Å². The van der Waals surface area contributed by atoms with Crippen LogP contribution in [0, 0.1) is 0 Å². The molecule has 0 aliphatic heterocycles. The van der Waals surface area contributed by atoms with Crippen LogP contribution in [0.2, 0.25) is 0 Å². The fourth-order valence-corrected chi connectivity index (χ4v) is 2.42. The van der Waals surface area contributed by atoms with Gasteiger partial charge in [-0.15, -0.1) is 11.3 Å². The van der Waals surface area contributed by atoms with Crippen LogP contribution in [0.1, 0.15) is 20.9 Å². The Morgan fingerprint density at radius 3 is 3.00 bits per heavy atom. The maximum absolute atomic E-state index is 10.9. The maximum atomic E-state index is 10.9. The van der Waals surface area contributed by atoms with Gasteiger partial charge < -0.3 is 11.1 Å². The highest BCUT2D eigenvalue weighted by Gasteiger charge is 2.04. The number of nitrogens with zero attached hydrogens (tertiary/aromatic N) is 1. The average Bonchev–Trinajstić information content (AvgIpc) is 2.85. The molecule has 0 unspecified atom stereocenters. The molecular formula is C13H15N3OS. The highest BCUT2D eigenvalue weighted by Crippen LogP contribution is 2.13. The molecule has 18 heavy (non-hydrogen) atoms. The SMILES string of the molecule is NC(=O)c1csc(CNCCc2ccccn2)c1. The third kappa shape index (κ3) is 3.65. The Balaban J connectivity index is 1.73. The van der Waals surface area contributed by atoms with Gasteiger partial charge in [0.1, 0.15) is 0 Å². The number of nitrogens with two attached hydrogens (primary N) is 1. The van der Waals surface area contributed by atoms with E-state index in [0.717, 1.165) is 30.1 Å². The molecule has 0 bridgehead atoms. The number of hydrogen-bond donors (Lipinski definition) is 2. The minimum absolute atomic E-state index is 0.369. The molecule has 0 radical (unpaired) electrons. The normalized spacial score (nSPS) is 10.4. The first kappa shape index (κ1) is 12.7. The van der Waals surface area contributed by atoms with Gasteiger partial charge in [0.15, 0.2) is 0 Å². The summed E-state index contributed by atoms with van der Waals surface area (Å²) in [6, 6.07) is 7.74. The molecular weight excluding hydrogens is 246 g/mol. The Kier molecular flexibility index (Phi) is 4.44. The van der Waals surface area contributed by atoms with E-state index in [-0.39, 0.29) is 5.91 Å². The van der Waals surface area contributed by atoms with Crippen molar-refractivity contribution in [2.45, 2.75) is 13.0 Å². The Morgan fingerprint density at radius 1 is 1.44 bits per heavy atom. The Hall–Kier alpha value is -1.72. The van der Waals surface area contributed by atoms with Crippen molar-refractivity contribution in [2.75, 3.05) is 6.54 Å². The summed E-state index contributed by atoms with van der Waals surface area (Å²) in [4.78, 5) is 16.3. The number of hydrogen-bond acceptors (Lipinski definition) is 4. The number of carbonyl (C=O) groups excluding carboxylic acids is 1. The smallest absolute Gasteiger partial charge is 0.249 e. The van der Waals surface area contributed by atoms with Gasteiger partial charge in [0.2, 0.25) is 5.91 Å². The lowest BCUT2D eigenvalue weighted by Gasteiger charge is -2.02. The largest absolute Gasteiger partial charge is 0.366 e. The molecule has 5 heteroatoms. The quantitative estimate of drug-likeness (QED) is 0.776. The predicted octanol–water partition coefficient (Wildman–Crippen LogP) is 1.57. The van der Waals surface area contributed by atoms with Crippen LogP contribution >= 0.6 is 11.3 Å². The molecule has 0 aliphatic rings. The van der Waals surface area contributed by atoms with Crippen molar-refractivity contribution < 1.29 is 4.79 Å². The van der Waals surface area contributed by atoms with Gasteiger partial charge in [0.05, 0.1) is 5.56 Å². The number of aromatic nitrogens is 1. The number of thiophene rings is 1. The van der Waals surface area contributed by atoms with E-state index in [4.69, 9.17) is 5.73 Å². The molecule has 2 aromatic rings. The van der Waals surface area contributed by atoms with Gasteiger partial charge in [-0.1, -0.05) is 6.07 Å². The number of nitrogens with one attached hydrogen (secondary N) is 1. The van der Waals surface area contributed by atoms with E-state index in [1.807, 2.05) is 24.3 Å². The number of carbonyl (C=O) groups is 1. The van der Waals surface area contributed by atoms with E-state index >= 15 is 0 Å². The second kappa shape index (κ2) is 6.28. The minimum atomic E-state index is -0.369. The summed E-state index contributed by atoms with van der Waals surface area (Å²) in [5, 5.41) is 5.11. The summed E-state index contributed by atoms with van der Waals surface area (Å²) in [6.45, 7) is 1.62. The molecule has 0 aromatic carbocycles. The third-order valence-corrected chi connectivity index (χ3v) is 3.46. The molecule has 2 heterocycles. The summed E-state index contributed by atoms with van der Waals surface area (Å²) < 4.78 is 0. The van der Waals surface area contributed by atoms with Crippen LogP contribution in [0.3, 0.4) is 0 Å². The molecule has 2 rings (SSSR count). The first-order chi connectivity index (χ1) is 8.75. The van der Waals surface area contributed by atoms with E-state index in [0.29, 0.717) is 5.56 Å². The molecule has 2 aromatic heterocycles. The highest BCUT2D eigenvalue weighted by atomic mass is 32.1. The lowest BCUT2D eigenvalue weighted by atomic mass is 10.2. The van der Waals surface area contributed by atoms with Crippen LogP contribution in [-0.4, -0.2) is 17.4 Å². The molecule has 0 saturated heterocycles. The van der Waals surface area contributed by atoms with Crippen LogP contribution in [0.15, 0.2) is 35.8 Å².